The molecule has 4 aromatic heterocycles. The molecular weight excluding hydrogens is 413 g/mol. The van der Waals surface area contributed by atoms with Gasteiger partial charge in [-0.2, -0.15) is 0 Å². The Balaban J connectivity index is 1.52. The Labute approximate surface area is 181 Å². The second kappa shape index (κ2) is 7.95. The van der Waals surface area contributed by atoms with Crippen LogP contribution in [-0.2, 0) is 4.74 Å². The molecule has 0 saturated carbocycles. The maximum absolute atomic E-state index is 13.3. The predicted molar refractivity (Wildman–Crippen MR) is 115 cm³/mol. The molecule has 0 aliphatic heterocycles. The minimum atomic E-state index is -0.589. The average Bonchev–Trinajstić information content (AvgIpc) is 3.47. The number of amides is 1. The van der Waals surface area contributed by atoms with Gasteiger partial charge in [-0.3, -0.25) is 9.72 Å². The van der Waals surface area contributed by atoms with Crippen LogP contribution in [0.25, 0.3) is 39.5 Å². The first-order chi connectivity index (χ1) is 15.6. The van der Waals surface area contributed by atoms with E-state index in [1.807, 2.05) is 28.8 Å². The van der Waals surface area contributed by atoms with Gasteiger partial charge in [-0.05, 0) is 48.5 Å². The number of rotatable bonds is 4. The number of hydrogen-bond acceptors (Lipinski definition) is 6. The van der Waals surface area contributed by atoms with E-state index in [1.165, 1.54) is 25.6 Å². The summed E-state index contributed by atoms with van der Waals surface area (Å²) in [5, 5.41) is 2.52. The standard InChI is InChI=1S/C23H16FN5O3/c1-31-23(30)28-19-8-4-15(10-25-19)18-11-26-20-9-5-16(12-29(18)20)22-21(27-13-32-22)14-2-6-17(24)7-3-14/h2-13H,1H3,(H,25,28,30). The minimum absolute atomic E-state index is 0.315. The number of pyridine rings is 2. The molecule has 8 nitrogen and oxygen atoms in total. The normalized spacial score (nSPS) is 10.9. The molecule has 1 amide bonds. The highest BCUT2D eigenvalue weighted by atomic mass is 19.1. The molecule has 0 unspecified atom stereocenters. The smallest absolute Gasteiger partial charge is 0.412 e. The number of nitrogens with one attached hydrogen (secondary N) is 1. The monoisotopic (exact) mass is 429 g/mol. The molecule has 0 bridgehead atoms. The number of fused-ring (bicyclic) bond motifs is 1. The number of anilines is 1. The molecular formula is C23H16FN5O3. The third-order valence-electron chi connectivity index (χ3n) is 4.93. The summed E-state index contributed by atoms with van der Waals surface area (Å²) >= 11 is 0. The largest absolute Gasteiger partial charge is 0.453 e. The number of nitrogens with zero attached hydrogens (tertiary/aromatic N) is 4. The second-order valence-electron chi connectivity index (χ2n) is 6.88. The number of halogens is 1. The Morgan fingerprint density at radius 1 is 0.969 bits per heavy atom. The van der Waals surface area contributed by atoms with E-state index in [0.717, 1.165) is 28.0 Å². The van der Waals surface area contributed by atoms with E-state index in [4.69, 9.17) is 4.42 Å². The number of methoxy groups -OCH3 is 1. The first kappa shape index (κ1) is 19.4. The fourth-order valence-corrected chi connectivity index (χ4v) is 3.37. The summed E-state index contributed by atoms with van der Waals surface area (Å²) in [5.74, 6) is 0.624. The Kier molecular flexibility index (Phi) is 4.83. The summed E-state index contributed by atoms with van der Waals surface area (Å²) in [6.45, 7) is 0. The molecule has 5 rings (SSSR count). The molecule has 9 heteroatoms. The zero-order chi connectivity index (χ0) is 22.1. The van der Waals surface area contributed by atoms with E-state index < -0.39 is 6.09 Å². The van der Waals surface area contributed by atoms with Crippen LogP contribution in [0.3, 0.4) is 0 Å². The van der Waals surface area contributed by atoms with Crippen molar-refractivity contribution >= 4 is 17.6 Å². The van der Waals surface area contributed by atoms with Gasteiger partial charge in [0, 0.05) is 29.1 Å². The topological polar surface area (TPSA) is 94.5 Å². The summed E-state index contributed by atoms with van der Waals surface area (Å²) in [4.78, 5) is 24.4. The molecule has 1 N–H and O–H groups in total. The van der Waals surface area contributed by atoms with Crippen LogP contribution in [0.15, 0.2) is 77.9 Å². The van der Waals surface area contributed by atoms with E-state index in [-0.39, 0.29) is 5.82 Å². The predicted octanol–water partition coefficient (Wildman–Crippen LogP) is 5.04. The van der Waals surface area contributed by atoms with Gasteiger partial charge < -0.3 is 9.15 Å². The highest BCUT2D eigenvalue weighted by Crippen LogP contribution is 2.32. The second-order valence-corrected chi connectivity index (χ2v) is 6.88. The van der Waals surface area contributed by atoms with Crippen molar-refractivity contribution in [2.24, 2.45) is 0 Å². The highest BCUT2D eigenvalue weighted by molar-refractivity contribution is 5.83. The molecule has 158 valence electrons. The number of aromatic nitrogens is 4. The molecule has 1 aromatic carbocycles. The number of benzene rings is 1. The van der Waals surface area contributed by atoms with Gasteiger partial charge in [0.2, 0.25) is 0 Å². The van der Waals surface area contributed by atoms with Gasteiger partial charge in [0.15, 0.2) is 12.2 Å². The number of oxazole rings is 1. The number of imidazole rings is 1. The first-order valence-corrected chi connectivity index (χ1v) is 9.60. The number of hydrogen-bond donors (Lipinski definition) is 1. The van der Waals surface area contributed by atoms with Crippen LogP contribution in [0.4, 0.5) is 15.0 Å². The van der Waals surface area contributed by atoms with Crippen molar-refractivity contribution < 1.29 is 18.3 Å². The van der Waals surface area contributed by atoms with Gasteiger partial charge in [-0.25, -0.2) is 24.1 Å². The van der Waals surface area contributed by atoms with Crippen LogP contribution in [0.1, 0.15) is 0 Å². The molecule has 0 aliphatic rings. The van der Waals surface area contributed by atoms with E-state index in [1.54, 1.807) is 30.6 Å². The summed E-state index contributed by atoms with van der Waals surface area (Å²) in [6, 6.07) is 13.4. The maximum atomic E-state index is 13.3. The number of carbonyl (C=O) groups excluding carboxylic acids is 1. The molecule has 32 heavy (non-hydrogen) atoms. The Morgan fingerprint density at radius 2 is 1.75 bits per heavy atom. The maximum Gasteiger partial charge on any atom is 0.412 e. The van der Waals surface area contributed by atoms with Crippen LogP contribution in [0, 0.1) is 5.82 Å². The minimum Gasteiger partial charge on any atom is -0.453 e. The van der Waals surface area contributed by atoms with Crippen molar-refractivity contribution in [1.82, 2.24) is 19.4 Å². The Bertz CT molecular complexity index is 1410. The molecule has 5 aromatic rings. The van der Waals surface area contributed by atoms with Crippen LogP contribution >= 0.6 is 0 Å². The van der Waals surface area contributed by atoms with Crippen LogP contribution in [0.2, 0.25) is 0 Å². The van der Waals surface area contributed by atoms with Crippen molar-refractivity contribution in [3.8, 4) is 33.8 Å². The van der Waals surface area contributed by atoms with Crippen LogP contribution in [-0.4, -0.2) is 32.6 Å². The molecule has 0 atom stereocenters. The van der Waals surface area contributed by atoms with E-state index >= 15 is 0 Å². The summed E-state index contributed by atoms with van der Waals surface area (Å²) in [7, 11) is 1.29. The van der Waals surface area contributed by atoms with Crippen LogP contribution in [0.5, 0.6) is 0 Å². The van der Waals surface area contributed by atoms with Gasteiger partial charge in [0.1, 0.15) is 23.0 Å². The number of ether oxygens (including phenoxy) is 1. The Hall–Kier alpha value is -4.53. The van der Waals surface area contributed by atoms with E-state index in [2.05, 4.69) is 25.0 Å². The fraction of sp³-hybridized carbons (Fsp3) is 0.0435. The third-order valence-corrected chi connectivity index (χ3v) is 4.93. The van der Waals surface area contributed by atoms with Gasteiger partial charge in [0.05, 0.1) is 19.0 Å². The third kappa shape index (κ3) is 3.56. The summed E-state index contributed by atoms with van der Waals surface area (Å²) < 4.78 is 25.5. The molecule has 0 radical (unpaired) electrons. The SMILES string of the molecule is COC(=O)Nc1ccc(-c2cnc3ccc(-c4ocnc4-c4ccc(F)cc4)cn23)cn1. The van der Waals surface area contributed by atoms with Crippen molar-refractivity contribution in [2.45, 2.75) is 0 Å². The zero-order valence-corrected chi connectivity index (χ0v) is 16.8. The van der Waals surface area contributed by atoms with Gasteiger partial charge in [-0.1, -0.05) is 0 Å². The molecule has 0 spiro atoms. The van der Waals surface area contributed by atoms with Crippen LogP contribution < -0.4 is 5.32 Å². The molecule has 0 fully saturated rings. The van der Waals surface area contributed by atoms with Gasteiger partial charge in [0.25, 0.3) is 0 Å². The van der Waals surface area contributed by atoms with Crippen molar-refractivity contribution in [2.75, 3.05) is 12.4 Å². The van der Waals surface area contributed by atoms with E-state index in [0.29, 0.717) is 17.3 Å². The van der Waals surface area contributed by atoms with Gasteiger partial charge in [-0.15, -0.1) is 0 Å². The number of carbonyl (C=O) groups is 1. The first-order valence-electron chi connectivity index (χ1n) is 9.60. The zero-order valence-electron chi connectivity index (χ0n) is 16.8. The molecule has 4 heterocycles. The van der Waals surface area contributed by atoms with Crippen molar-refractivity contribution in [1.29, 1.82) is 0 Å². The Morgan fingerprint density at radius 3 is 2.50 bits per heavy atom. The average molecular weight is 429 g/mol. The molecule has 0 saturated heterocycles. The lowest BCUT2D eigenvalue weighted by molar-refractivity contribution is 0.187. The molecule has 0 aliphatic carbocycles. The quantitative estimate of drug-likeness (QED) is 0.430. The van der Waals surface area contributed by atoms with Gasteiger partial charge >= 0.3 is 6.09 Å². The summed E-state index contributed by atoms with van der Waals surface area (Å²) in [6.07, 6.45) is 6.05. The lowest BCUT2D eigenvalue weighted by Gasteiger charge is -2.07. The lowest BCUT2D eigenvalue weighted by Crippen LogP contribution is -2.11. The summed E-state index contributed by atoms with van der Waals surface area (Å²) in [5.41, 5.74) is 4.50. The van der Waals surface area contributed by atoms with E-state index in [9.17, 15) is 9.18 Å². The van der Waals surface area contributed by atoms with Crippen molar-refractivity contribution in [3.63, 3.8) is 0 Å². The van der Waals surface area contributed by atoms with Crippen molar-refractivity contribution in [3.05, 3.63) is 79.3 Å². The highest BCUT2D eigenvalue weighted by Gasteiger charge is 2.15. The lowest BCUT2D eigenvalue weighted by atomic mass is 10.1. The fourth-order valence-electron chi connectivity index (χ4n) is 3.37.